The van der Waals surface area contributed by atoms with Crippen molar-refractivity contribution in [2.45, 2.75) is 25.8 Å². The normalized spacial score (nSPS) is 18.5. The molecule has 1 heterocycles. The van der Waals surface area contributed by atoms with E-state index in [1.165, 1.54) is 4.90 Å². The van der Waals surface area contributed by atoms with E-state index in [0.29, 0.717) is 31.5 Å². The third kappa shape index (κ3) is 4.33. The second-order valence-electron chi connectivity index (χ2n) is 6.25. The van der Waals surface area contributed by atoms with Gasteiger partial charge in [0.2, 0.25) is 11.8 Å². The van der Waals surface area contributed by atoms with E-state index in [0.717, 1.165) is 5.56 Å². The van der Waals surface area contributed by atoms with Crippen LogP contribution in [0.25, 0.3) is 0 Å². The number of carbonyl (C=O) groups excluding carboxylic acids is 3. The molecule has 1 unspecified atom stereocenters. The van der Waals surface area contributed by atoms with Gasteiger partial charge in [-0.3, -0.25) is 14.5 Å². The molecule has 0 aromatic heterocycles. The van der Waals surface area contributed by atoms with Gasteiger partial charge in [-0.2, -0.15) is 4.99 Å². The van der Waals surface area contributed by atoms with Gasteiger partial charge in [0.15, 0.2) is 0 Å². The first-order valence-corrected chi connectivity index (χ1v) is 8.74. The average molecular weight is 351 g/mol. The molecule has 1 atom stereocenters. The maximum atomic E-state index is 12.4. The summed E-state index contributed by atoms with van der Waals surface area (Å²) in [4.78, 5) is 41.5. The monoisotopic (exact) mass is 351 g/mol. The number of amides is 4. The number of rotatable bonds is 7. The minimum absolute atomic E-state index is 0.0363. The lowest BCUT2D eigenvalue weighted by atomic mass is 9.95. The number of benzene rings is 1. The summed E-state index contributed by atoms with van der Waals surface area (Å²) in [5.74, 6) is -0.744. The molecule has 1 aromatic carbocycles. The van der Waals surface area contributed by atoms with Crippen LogP contribution in [-0.2, 0) is 16.1 Å². The van der Waals surface area contributed by atoms with E-state index in [2.05, 4.69) is 10.3 Å². The van der Waals surface area contributed by atoms with Gasteiger partial charge < -0.3 is 5.32 Å². The molecule has 2 aliphatic rings. The first-order chi connectivity index (χ1) is 12.6. The molecule has 1 aliphatic heterocycles. The van der Waals surface area contributed by atoms with Crippen LogP contribution in [0.1, 0.15) is 24.8 Å². The van der Waals surface area contributed by atoms with Crippen LogP contribution in [0.15, 0.2) is 59.6 Å². The summed E-state index contributed by atoms with van der Waals surface area (Å²) in [5.41, 5.74) is 1.55. The third-order valence-electron chi connectivity index (χ3n) is 4.36. The van der Waals surface area contributed by atoms with E-state index in [4.69, 9.17) is 0 Å². The van der Waals surface area contributed by atoms with Crippen molar-refractivity contribution < 1.29 is 14.4 Å². The van der Waals surface area contributed by atoms with Gasteiger partial charge in [-0.05, 0) is 24.5 Å². The highest BCUT2D eigenvalue weighted by Gasteiger charge is 2.35. The topological polar surface area (TPSA) is 78.8 Å². The molecule has 0 bridgehead atoms. The Hall–Kier alpha value is -3.02. The predicted octanol–water partition coefficient (Wildman–Crippen LogP) is 2.62. The number of nitrogens with zero attached hydrogens (tertiary/aromatic N) is 2. The van der Waals surface area contributed by atoms with Gasteiger partial charge in [0.05, 0.1) is 11.6 Å². The number of urea groups is 1. The average Bonchev–Trinajstić information content (AvgIpc) is 2.66. The van der Waals surface area contributed by atoms with Crippen molar-refractivity contribution in [3.05, 3.63) is 60.2 Å². The molecule has 1 aromatic rings. The van der Waals surface area contributed by atoms with Crippen LogP contribution in [0.5, 0.6) is 0 Å². The quantitative estimate of drug-likeness (QED) is 0.767. The lowest BCUT2D eigenvalue weighted by Gasteiger charge is -2.28. The summed E-state index contributed by atoms with van der Waals surface area (Å²) in [6.07, 6.45) is 8.53. The minimum atomic E-state index is -0.519. The molecule has 0 radical (unpaired) electrons. The fourth-order valence-corrected chi connectivity index (χ4v) is 2.93. The van der Waals surface area contributed by atoms with E-state index in [9.17, 15) is 14.4 Å². The molecular weight excluding hydrogens is 330 g/mol. The Bertz CT molecular complexity index is 781. The van der Waals surface area contributed by atoms with Crippen molar-refractivity contribution >= 4 is 23.6 Å². The Balaban J connectivity index is 1.41. The predicted molar refractivity (Wildman–Crippen MR) is 98.5 cm³/mol. The standard InChI is InChI=1S/C20H21N3O3/c24-18(21-14-15-8-2-1-3-9-15)12-6-7-13-23-19(25)16-10-4-5-11-17(16)22-20(23)26/h1-5,8-11,16H,6-7,12-14H2,(H,21,24). The van der Waals surface area contributed by atoms with Gasteiger partial charge in [0.25, 0.3) is 0 Å². The van der Waals surface area contributed by atoms with E-state index in [-0.39, 0.29) is 18.4 Å². The fraction of sp³-hybridized carbons (Fsp3) is 0.300. The van der Waals surface area contributed by atoms with Crippen LogP contribution in [0.2, 0.25) is 0 Å². The zero-order chi connectivity index (χ0) is 18.4. The van der Waals surface area contributed by atoms with Crippen LogP contribution in [0.3, 0.4) is 0 Å². The SMILES string of the molecule is O=C(CCCCN1C(=O)N=C2C=CC=CC2C1=O)NCc1ccccc1. The maximum absolute atomic E-state index is 12.4. The Labute approximate surface area is 152 Å². The van der Waals surface area contributed by atoms with Crippen LogP contribution in [-0.4, -0.2) is 35.0 Å². The summed E-state index contributed by atoms with van der Waals surface area (Å²) in [6, 6.07) is 9.18. The number of unbranched alkanes of at least 4 members (excludes halogenated alkanes) is 1. The van der Waals surface area contributed by atoms with Gasteiger partial charge in [-0.1, -0.05) is 48.6 Å². The lowest BCUT2D eigenvalue weighted by Crippen LogP contribution is -2.46. The van der Waals surface area contributed by atoms with E-state index in [1.54, 1.807) is 24.3 Å². The number of allylic oxidation sites excluding steroid dienone is 3. The van der Waals surface area contributed by atoms with Crippen LogP contribution in [0.4, 0.5) is 4.79 Å². The molecule has 134 valence electrons. The smallest absolute Gasteiger partial charge is 0.350 e. The van der Waals surface area contributed by atoms with Gasteiger partial charge >= 0.3 is 6.03 Å². The zero-order valence-corrected chi connectivity index (χ0v) is 14.4. The Morgan fingerprint density at radius 1 is 1.12 bits per heavy atom. The van der Waals surface area contributed by atoms with Crippen LogP contribution >= 0.6 is 0 Å². The Morgan fingerprint density at radius 3 is 2.73 bits per heavy atom. The third-order valence-corrected chi connectivity index (χ3v) is 4.36. The first kappa shape index (κ1) is 17.8. The summed E-state index contributed by atoms with van der Waals surface area (Å²) < 4.78 is 0. The van der Waals surface area contributed by atoms with Gasteiger partial charge in [-0.25, -0.2) is 4.79 Å². The zero-order valence-electron chi connectivity index (χ0n) is 14.4. The van der Waals surface area contributed by atoms with Crippen molar-refractivity contribution in [3.8, 4) is 0 Å². The highest BCUT2D eigenvalue weighted by atomic mass is 16.2. The second-order valence-corrected chi connectivity index (χ2v) is 6.25. The number of hydrogen-bond donors (Lipinski definition) is 1. The molecule has 0 spiro atoms. The summed E-state index contributed by atoms with van der Waals surface area (Å²) in [7, 11) is 0. The molecule has 0 saturated heterocycles. The summed E-state index contributed by atoms with van der Waals surface area (Å²) in [5, 5.41) is 2.87. The molecule has 26 heavy (non-hydrogen) atoms. The second kappa shape index (κ2) is 8.38. The van der Waals surface area contributed by atoms with Crippen molar-refractivity contribution in [1.82, 2.24) is 10.2 Å². The lowest BCUT2D eigenvalue weighted by molar-refractivity contribution is -0.129. The number of fused-ring (bicyclic) bond motifs is 1. The van der Waals surface area contributed by atoms with Gasteiger partial charge in [0, 0.05) is 19.5 Å². The highest BCUT2D eigenvalue weighted by Crippen LogP contribution is 2.20. The van der Waals surface area contributed by atoms with Crippen molar-refractivity contribution in [2.75, 3.05) is 6.54 Å². The van der Waals surface area contributed by atoms with Gasteiger partial charge in [-0.15, -0.1) is 0 Å². The van der Waals surface area contributed by atoms with E-state index < -0.39 is 11.9 Å². The molecule has 6 heteroatoms. The summed E-state index contributed by atoms with van der Waals surface area (Å²) in [6.45, 7) is 0.788. The summed E-state index contributed by atoms with van der Waals surface area (Å²) >= 11 is 0. The molecule has 3 rings (SSSR count). The number of carbonyl (C=O) groups is 3. The number of nitrogens with one attached hydrogen (secondary N) is 1. The largest absolute Gasteiger partial charge is 0.352 e. The Morgan fingerprint density at radius 2 is 1.92 bits per heavy atom. The molecule has 1 aliphatic carbocycles. The maximum Gasteiger partial charge on any atom is 0.350 e. The van der Waals surface area contributed by atoms with Crippen LogP contribution in [0, 0.1) is 5.92 Å². The molecular formula is C20H21N3O3. The number of hydrogen-bond acceptors (Lipinski definition) is 3. The Kier molecular flexibility index (Phi) is 5.73. The van der Waals surface area contributed by atoms with Crippen molar-refractivity contribution in [2.24, 2.45) is 10.9 Å². The molecule has 1 N–H and O–H groups in total. The van der Waals surface area contributed by atoms with Crippen molar-refractivity contribution in [1.29, 1.82) is 0 Å². The fourth-order valence-electron chi connectivity index (χ4n) is 2.93. The number of imide groups is 1. The van der Waals surface area contributed by atoms with Gasteiger partial charge in [0.1, 0.15) is 0 Å². The number of aliphatic imine (C=N–C) groups is 1. The van der Waals surface area contributed by atoms with Crippen molar-refractivity contribution in [3.63, 3.8) is 0 Å². The van der Waals surface area contributed by atoms with Crippen LogP contribution < -0.4 is 5.32 Å². The molecule has 0 saturated carbocycles. The highest BCUT2D eigenvalue weighted by molar-refractivity contribution is 6.21. The first-order valence-electron chi connectivity index (χ1n) is 8.74. The van der Waals surface area contributed by atoms with E-state index in [1.807, 2.05) is 30.3 Å². The molecule has 4 amide bonds. The molecule has 6 nitrogen and oxygen atoms in total. The molecule has 0 fully saturated rings. The van der Waals surface area contributed by atoms with E-state index >= 15 is 0 Å². The minimum Gasteiger partial charge on any atom is -0.352 e.